The molecule has 1 N–H and O–H groups in total. The first-order valence-corrected chi connectivity index (χ1v) is 10.6. The molecule has 7 nitrogen and oxygen atoms in total. The third-order valence-electron chi connectivity index (χ3n) is 5.14. The van der Waals surface area contributed by atoms with Crippen molar-refractivity contribution in [2.75, 3.05) is 12.4 Å². The minimum absolute atomic E-state index is 0.00119. The lowest BCUT2D eigenvalue weighted by Gasteiger charge is -2.14. The number of anilines is 1. The van der Waals surface area contributed by atoms with Crippen molar-refractivity contribution in [1.82, 2.24) is 0 Å². The molecule has 0 aliphatic carbocycles. The number of carbonyl (C=O) groups excluding carboxylic acids is 2. The highest BCUT2D eigenvalue weighted by atomic mass is 19.3. The van der Waals surface area contributed by atoms with Crippen LogP contribution in [0.4, 0.5) is 14.5 Å². The maximum Gasteiger partial charge on any atom is 0.387 e. The lowest BCUT2D eigenvalue weighted by Crippen LogP contribution is -2.29. The molecular formula is C26H21F2NO6. The van der Waals surface area contributed by atoms with Crippen LogP contribution in [0, 0.1) is 0 Å². The van der Waals surface area contributed by atoms with Crippen molar-refractivity contribution in [3.63, 3.8) is 0 Å². The predicted molar refractivity (Wildman–Crippen MR) is 127 cm³/mol. The summed E-state index contributed by atoms with van der Waals surface area (Å²) in [4.78, 5) is 24.8. The Labute approximate surface area is 198 Å². The first-order chi connectivity index (χ1) is 16.8. The molecule has 0 spiro atoms. The van der Waals surface area contributed by atoms with Gasteiger partial charge in [0.2, 0.25) is 0 Å². The summed E-state index contributed by atoms with van der Waals surface area (Å²) in [5, 5.41) is 4.46. The van der Waals surface area contributed by atoms with E-state index in [2.05, 4.69) is 10.1 Å². The normalized spacial score (nSPS) is 12.3. The van der Waals surface area contributed by atoms with Crippen LogP contribution in [0.2, 0.25) is 0 Å². The lowest BCUT2D eigenvalue weighted by atomic mass is 10.1. The van der Waals surface area contributed by atoms with Crippen LogP contribution in [0.3, 0.4) is 0 Å². The number of halogens is 2. The monoisotopic (exact) mass is 481 g/mol. The number of benzene rings is 3. The van der Waals surface area contributed by atoms with Gasteiger partial charge in [-0.15, -0.1) is 0 Å². The Morgan fingerprint density at radius 3 is 2.46 bits per heavy atom. The number of esters is 1. The first-order valence-electron chi connectivity index (χ1n) is 10.6. The largest absolute Gasteiger partial charge is 0.495 e. The van der Waals surface area contributed by atoms with Gasteiger partial charge >= 0.3 is 12.6 Å². The number of alkyl halides is 2. The molecule has 1 heterocycles. The third-order valence-corrected chi connectivity index (χ3v) is 5.14. The molecule has 35 heavy (non-hydrogen) atoms. The number of furan rings is 1. The zero-order valence-electron chi connectivity index (χ0n) is 18.8. The number of hydrogen-bond acceptors (Lipinski definition) is 6. The van der Waals surface area contributed by atoms with E-state index in [4.69, 9.17) is 13.9 Å². The van der Waals surface area contributed by atoms with Crippen molar-refractivity contribution < 1.29 is 37.0 Å². The zero-order chi connectivity index (χ0) is 24.9. The Bertz CT molecular complexity index is 1390. The molecular weight excluding hydrogens is 460 g/mol. The minimum Gasteiger partial charge on any atom is -0.495 e. The second-order valence-corrected chi connectivity index (χ2v) is 7.50. The van der Waals surface area contributed by atoms with E-state index in [1.807, 2.05) is 24.3 Å². The van der Waals surface area contributed by atoms with Gasteiger partial charge in [0.15, 0.2) is 6.10 Å². The standard InChI is InChI=1S/C26H21F2NO6/c1-15(33-24(30)12-9-16-7-10-17(11-8-16)34-26(27)28)25(31)29-20-14-22-19(13-23(20)32-2)18-5-3-4-6-21(18)35-22/h3-15,26H,1-2H3,(H,29,31)/b12-9+. The molecule has 4 rings (SSSR count). The number of carbonyl (C=O) groups is 2. The van der Waals surface area contributed by atoms with Crippen molar-refractivity contribution in [1.29, 1.82) is 0 Å². The quantitative estimate of drug-likeness (QED) is 0.254. The van der Waals surface area contributed by atoms with Gasteiger partial charge in [-0.05, 0) is 42.8 Å². The fourth-order valence-corrected chi connectivity index (χ4v) is 3.44. The lowest BCUT2D eigenvalue weighted by molar-refractivity contribution is -0.148. The molecule has 9 heteroatoms. The van der Waals surface area contributed by atoms with Gasteiger partial charge in [0.25, 0.3) is 5.91 Å². The summed E-state index contributed by atoms with van der Waals surface area (Å²) in [6, 6.07) is 16.7. The minimum atomic E-state index is -2.92. The third kappa shape index (κ3) is 5.57. The van der Waals surface area contributed by atoms with Gasteiger partial charge in [0.05, 0.1) is 12.8 Å². The Hall–Kier alpha value is -4.40. The SMILES string of the molecule is COc1cc2c(cc1NC(=O)C(C)OC(=O)/C=C/c1ccc(OC(F)F)cc1)oc1ccccc12. The van der Waals surface area contributed by atoms with Gasteiger partial charge in [-0.2, -0.15) is 8.78 Å². The molecule has 0 bridgehead atoms. The Balaban J connectivity index is 1.41. The predicted octanol–water partition coefficient (Wildman–Crippen LogP) is 5.78. The summed E-state index contributed by atoms with van der Waals surface area (Å²) in [6.07, 6.45) is 1.45. The maximum absolute atomic E-state index is 12.7. The van der Waals surface area contributed by atoms with Crippen LogP contribution in [0.1, 0.15) is 12.5 Å². The second-order valence-electron chi connectivity index (χ2n) is 7.50. The highest BCUT2D eigenvalue weighted by Crippen LogP contribution is 2.36. The molecule has 0 aliphatic heterocycles. The summed E-state index contributed by atoms with van der Waals surface area (Å²) in [6.45, 7) is -1.48. The van der Waals surface area contributed by atoms with Crippen molar-refractivity contribution >= 4 is 45.6 Å². The molecule has 1 aromatic heterocycles. The molecule has 0 radical (unpaired) electrons. The van der Waals surface area contributed by atoms with E-state index in [0.717, 1.165) is 16.8 Å². The Morgan fingerprint density at radius 2 is 1.74 bits per heavy atom. The van der Waals surface area contributed by atoms with E-state index in [1.165, 1.54) is 44.4 Å². The number of nitrogens with one attached hydrogen (secondary N) is 1. The van der Waals surface area contributed by atoms with E-state index >= 15 is 0 Å². The summed E-state index contributed by atoms with van der Waals surface area (Å²) in [5.74, 6) is -0.884. The van der Waals surface area contributed by atoms with Gasteiger partial charge in [0, 0.05) is 22.9 Å². The fourth-order valence-electron chi connectivity index (χ4n) is 3.44. The van der Waals surface area contributed by atoms with Gasteiger partial charge in [-0.1, -0.05) is 30.3 Å². The molecule has 4 aromatic rings. The number of methoxy groups -OCH3 is 1. The van der Waals surface area contributed by atoms with Crippen LogP contribution in [0.25, 0.3) is 28.0 Å². The molecule has 1 amide bonds. The average Bonchev–Trinajstić information content (AvgIpc) is 3.20. The maximum atomic E-state index is 12.7. The second kappa shape index (κ2) is 10.3. The summed E-state index contributed by atoms with van der Waals surface area (Å²) in [5.41, 5.74) is 2.20. The van der Waals surface area contributed by atoms with Gasteiger partial charge < -0.3 is 23.9 Å². The summed E-state index contributed by atoms with van der Waals surface area (Å²) >= 11 is 0. The topological polar surface area (TPSA) is 87.0 Å². The van der Waals surface area contributed by atoms with Gasteiger partial charge in [-0.25, -0.2) is 4.79 Å². The summed E-state index contributed by atoms with van der Waals surface area (Å²) < 4.78 is 45.1. The molecule has 180 valence electrons. The molecule has 3 aromatic carbocycles. The van der Waals surface area contributed by atoms with Crippen molar-refractivity contribution in [2.24, 2.45) is 0 Å². The Morgan fingerprint density at radius 1 is 1.00 bits per heavy atom. The molecule has 0 aliphatic rings. The highest BCUT2D eigenvalue weighted by molar-refractivity contribution is 6.08. The molecule has 1 unspecified atom stereocenters. The van der Waals surface area contributed by atoms with Crippen molar-refractivity contribution in [2.45, 2.75) is 19.6 Å². The van der Waals surface area contributed by atoms with Crippen LogP contribution < -0.4 is 14.8 Å². The smallest absolute Gasteiger partial charge is 0.387 e. The number of ether oxygens (including phenoxy) is 3. The van der Waals surface area contributed by atoms with Crippen LogP contribution in [-0.2, 0) is 14.3 Å². The number of para-hydroxylation sites is 1. The van der Waals surface area contributed by atoms with Crippen molar-refractivity contribution in [3.05, 3.63) is 72.3 Å². The number of fused-ring (bicyclic) bond motifs is 3. The van der Waals surface area contributed by atoms with E-state index < -0.39 is 24.6 Å². The van der Waals surface area contributed by atoms with E-state index in [1.54, 1.807) is 12.1 Å². The highest BCUT2D eigenvalue weighted by Gasteiger charge is 2.20. The molecule has 0 fully saturated rings. The fraction of sp³-hybridized carbons (Fsp3) is 0.154. The number of rotatable bonds is 8. The Kier molecular flexibility index (Phi) is 6.96. The van der Waals surface area contributed by atoms with Crippen LogP contribution in [0.15, 0.2) is 71.2 Å². The van der Waals surface area contributed by atoms with Crippen LogP contribution >= 0.6 is 0 Å². The molecule has 0 saturated carbocycles. The van der Waals surface area contributed by atoms with E-state index in [-0.39, 0.29) is 5.75 Å². The molecule has 0 saturated heterocycles. The van der Waals surface area contributed by atoms with E-state index in [0.29, 0.717) is 28.2 Å². The first kappa shape index (κ1) is 23.7. The average molecular weight is 481 g/mol. The van der Waals surface area contributed by atoms with Gasteiger partial charge in [-0.3, -0.25) is 4.79 Å². The van der Waals surface area contributed by atoms with Crippen LogP contribution in [-0.4, -0.2) is 31.7 Å². The molecule has 1 atom stereocenters. The van der Waals surface area contributed by atoms with E-state index in [9.17, 15) is 18.4 Å². The summed E-state index contributed by atoms with van der Waals surface area (Å²) in [7, 11) is 1.49. The number of hydrogen-bond donors (Lipinski definition) is 1. The van der Waals surface area contributed by atoms with Crippen molar-refractivity contribution in [3.8, 4) is 11.5 Å². The van der Waals surface area contributed by atoms with Gasteiger partial charge in [0.1, 0.15) is 22.7 Å². The number of amides is 1. The zero-order valence-corrected chi connectivity index (χ0v) is 18.8. The van der Waals surface area contributed by atoms with Crippen LogP contribution in [0.5, 0.6) is 11.5 Å².